The van der Waals surface area contributed by atoms with E-state index in [2.05, 4.69) is 24.3 Å². The van der Waals surface area contributed by atoms with Crippen LogP contribution in [-0.2, 0) is 5.54 Å². The van der Waals surface area contributed by atoms with Crippen molar-refractivity contribution in [2.75, 3.05) is 0 Å². The molecule has 0 aromatic heterocycles. The topological polar surface area (TPSA) is 26.0 Å². The average Bonchev–Trinajstić information content (AvgIpc) is 2.55. The van der Waals surface area contributed by atoms with Crippen molar-refractivity contribution in [1.29, 1.82) is 0 Å². The molecule has 0 saturated heterocycles. The molecule has 0 heterocycles. The Bertz CT molecular complexity index is 284. The van der Waals surface area contributed by atoms with Crippen LogP contribution >= 0.6 is 12.4 Å². The van der Waals surface area contributed by atoms with E-state index in [4.69, 9.17) is 5.73 Å². The molecule has 0 amide bonds. The molecule has 0 aliphatic heterocycles. The van der Waals surface area contributed by atoms with Gasteiger partial charge in [0.1, 0.15) is 0 Å². The van der Waals surface area contributed by atoms with Crippen molar-refractivity contribution in [2.45, 2.75) is 18.4 Å². The molecule has 2 heteroatoms. The van der Waals surface area contributed by atoms with Crippen LogP contribution in [0.5, 0.6) is 0 Å². The molecule has 70 valence electrons. The minimum atomic E-state index is -0.124. The Labute approximate surface area is 85.1 Å². The first kappa shape index (κ1) is 10.3. The van der Waals surface area contributed by atoms with Gasteiger partial charge in [0, 0.05) is 5.54 Å². The van der Waals surface area contributed by atoms with Crippen LogP contribution in [0.25, 0.3) is 0 Å². The summed E-state index contributed by atoms with van der Waals surface area (Å²) in [6.07, 6.45) is 6.26. The van der Waals surface area contributed by atoms with Crippen molar-refractivity contribution in [3.8, 4) is 0 Å². The number of rotatable bonds is 1. The second kappa shape index (κ2) is 3.95. The fourth-order valence-electron chi connectivity index (χ4n) is 1.68. The number of halogens is 1. The second-order valence-electron chi connectivity index (χ2n) is 3.40. The van der Waals surface area contributed by atoms with Gasteiger partial charge in [0.2, 0.25) is 0 Å². The summed E-state index contributed by atoms with van der Waals surface area (Å²) in [6.45, 7) is 0. The molecule has 2 rings (SSSR count). The molecule has 0 atom stereocenters. The normalized spacial score (nSPS) is 18.2. The highest BCUT2D eigenvalue weighted by Gasteiger charge is 2.27. The molecule has 0 radical (unpaired) electrons. The zero-order chi connectivity index (χ0) is 8.44. The van der Waals surface area contributed by atoms with Gasteiger partial charge in [-0.1, -0.05) is 42.5 Å². The summed E-state index contributed by atoms with van der Waals surface area (Å²) in [5.41, 5.74) is 7.34. The summed E-state index contributed by atoms with van der Waals surface area (Å²) in [4.78, 5) is 0. The van der Waals surface area contributed by atoms with E-state index in [9.17, 15) is 0 Å². The van der Waals surface area contributed by atoms with Crippen molar-refractivity contribution in [2.24, 2.45) is 5.73 Å². The summed E-state index contributed by atoms with van der Waals surface area (Å²) >= 11 is 0. The van der Waals surface area contributed by atoms with E-state index in [1.807, 2.05) is 18.2 Å². The van der Waals surface area contributed by atoms with Crippen molar-refractivity contribution in [1.82, 2.24) is 0 Å². The lowest BCUT2D eigenvalue weighted by Crippen LogP contribution is -2.33. The van der Waals surface area contributed by atoms with Crippen molar-refractivity contribution >= 4 is 12.4 Å². The SMILES string of the molecule is Cl.NC1(c2ccccc2)CC=CC1. The zero-order valence-electron chi connectivity index (χ0n) is 7.44. The van der Waals surface area contributed by atoms with Gasteiger partial charge in [0.05, 0.1) is 0 Å². The van der Waals surface area contributed by atoms with Gasteiger partial charge in [0.15, 0.2) is 0 Å². The fourth-order valence-corrected chi connectivity index (χ4v) is 1.68. The Morgan fingerprint density at radius 2 is 1.54 bits per heavy atom. The van der Waals surface area contributed by atoms with Gasteiger partial charge in [-0.2, -0.15) is 0 Å². The molecular weight excluding hydrogens is 182 g/mol. The second-order valence-corrected chi connectivity index (χ2v) is 3.40. The van der Waals surface area contributed by atoms with E-state index < -0.39 is 0 Å². The number of benzene rings is 1. The summed E-state index contributed by atoms with van der Waals surface area (Å²) in [6, 6.07) is 10.3. The molecular formula is C11H14ClN. The van der Waals surface area contributed by atoms with Crippen LogP contribution in [0, 0.1) is 0 Å². The Kier molecular flexibility index (Phi) is 3.12. The largest absolute Gasteiger partial charge is 0.321 e. The lowest BCUT2D eigenvalue weighted by molar-refractivity contribution is 0.480. The Morgan fingerprint density at radius 1 is 1.00 bits per heavy atom. The predicted molar refractivity (Wildman–Crippen MR) is 57.9 cm³/mol. The van der Waals surface area contributed by atoms with Gasteiger partial charge in [-0.3, -0.25) is 0 Å². The summed E-state index contributed by atoms with van der Waals surface area (Å²) < 4.78 is 0. The van der Waals surface area contributed by atoms with Gasteiger partial charge in [-0.05, 0) is 18.4 Å². The minimum Gasteiger partial charge on any atom is -0.321 e. The molecule has 0 saturated carbocycles. The first-order valence-corrected chi connectivity index (χ1v) is 4.31. The van der Waals surface area contributed by atoms with Crippen LogP contribution in [0.4, 0.5) is 0 Å². The van der Waals surface area contributed by atoms with Crippen LogP contribution in [0.15, 0.2) is 42.5 Å². The molecule has 0 fully saturated rings. The van der Waals surface area contributed by atoms with E-state index in [-0.39, 0.29) is 17.9 Å². The van der Waals surface area contributed by atoms with E-state index in [0.717, 1.165) is 12.8 Å². The van der Waals surface area contributed by atoms with Crippen molar-refractivity contribution in [3.05, 3.63) is 48.0 Å². The molecule has 1 aliphatic carbocycles. The molecule has 13 heavy (non-hydrogen) atoms. The lowest BCUT2D eigenvalue weighted by atomic mass is 9.89. The molecule has 1 aromatic rings. The van der Waals surface area contributed by atoms with Crippen LogP contribution < -0.4 is 5.73 Å². The summed E-state index contributed by atoms with van der Waals surface area (Å²) in [7, 11) is 0. The first-order chi connectivity index (χ1) is 5.81. The number of nitrogens with two attached hydrogens (primary N) is 1. The summed E-state index contributed by atoms with van der Waals surface area (Å²) in [5.74, 6) is 0. The molecule has 1 nitrogen and oxygen atoms in total. The number of hydrogen-bond acceptors (Lipinski definition) is 1. The predicted octanol–water partition coefficient (Wildman–Crippen LogP) is 2.61. The van der Waals surface area contributed by atoms with Gasteiger partial charge >= 0.3 is 0 Å². The summed E-state index contributed by atoms with van der Waals surface area (Å²) in [5, 5.41) is 0. The third-order valence-corrected chi connectivity index (χ3v) is 2.48. The Balaban J connectivity index is 0.000000845. The third-order valence-electron chi connectivity index (χ3n) is 2.48. The molecule has 1 aromatic carbocycles. The fraction of sp³-hybridized carbons (Fsp3) is 0.273. The standard InChI is InChI=1S/C11H13N.ClH/c12-11(8-4-5-9-11)10-6-2-1-3-7-10;/h1-7H,8-9,12H2;1H. The van der Waals surface area contributed by atoms with E-state index >= 15 is 0 Å². The molecule has 0 bridgehead atoms. The molecule has 0 unspecified atom stereocenters. The van der Waals surface area contributed by atoms with Crippen LogP contribution in [-0.4, -0.2) is 0 Å². The van der Waals surface area contributed by atoms with Crippen molar-refractivity contribution < 1.29 is 0 Å². The van der Waals surface area contributed by atoms with E-state index in [1.165, 1.54) is 5.56 Å². The highest BCUT2D eigenvalue weighted by molar-refractivity contribution is 5.85. The Morgan fingerprint density at radius 3 is 2.08 bits per heavy atom. The van der Waals surface area contributed by atoms with Gasteiger partial charge in [-0.25, -0.2) is 0 Å². The number of hydrogen-bond donors (Lipinski definition) is 1. The lowest BCUT2D eigenvalue weighted by Gasteiger charge is -2.23. The van der Waals surface area contributed by atoms with Gasteiger partial charge < -0.3 is 5.73 Å². The van der Waals surface area contributed by atoms with Gasteiger partial charge in [0.25, 0.3) is 0 Å². The first-order valence-electron chi connectivity index (χ1n) is 4.31. The van der Waals surface area contributed by atoms with E-state index in [1.54, 1.807) is 0 Å². The average molecular weight is 196 g/mol. The zero-order valence-corrected chi connectivity index (χ0v) is 8.26. The third kappa shape index (κ3) is 1.93. The Hall–Kier alpha value is -0.790. The highest BCUT2D eigenvalue weighted by Crippen LogP contribution is 2.31. The van der Waals surface area contributed by atoms with Crippen LogP contribution in [0.1, 0.15) is 18.4 Å². The van der Waals surface area contributed by atoms with Gasteiger partial charge in [-0.15, -0.1) is 12.4 Å². The smallest absolute Gasteiger partial charge is 0.0479 e. The monoisotopic (exact) mass is 195 g/mol. The minimum absolute atomic E-state index is 0. The van der Waals surface area contributed by atoms with Crippen LogP contribution in [0.3, 0.4) is 0 Å². The molecule has 2 N–H and O–H groups in total. The maximum atomic E-state index is 6.22. The molecule has 1 aliphatic rings. The maximum Gasteiger partial charge on any atom is 0.0479 e. The highest BCUT2D eigenvalue weighted by atomic mass is 35.5. The van der Waals surface area contributed by atoms with Crippen molar-refractivity contribution in [3.63, 3.8) is 0 Å². The molecule has 0 spiro atoms. The van der Waals surface area contributed by atoms with E-state index in [0.29, 0.717) is 0 Å². The maximum absolute atomic E-state index is 6.22. The quantitative estimate of drug-likeness (QED) is 0.685. The van der Waals surface area contributed by atoms with Crippen LogP contribution in [0.2, 0.25) is 0 Å².